The molecule has 0 aliphatic heterocycles. The molecule has 1 aromatic heterocycles. The second kappa shape index (κ2) is 6.78. The number of hydrogen-bond donors (Lipinski definition) is 1. The molecule has 1 rings (SSSR count). The molecule has 0 bridgehead atoms. The molecular weight excluding hydrogens is 186 g/mol. The predicted octanol–water partition coefficient (Wildman–Crippen LogP) is 2.44. The third-order valence-electron chi connectivity index (χ3n) is 1.80. The van der Waals surface area contributed by atoms with Crippen LogP contribution in [0.5, 0.6) is 0 Å². The Morgan fingerprint density at radius 3 is 2.77 bits per heavy atom. The molecule has 0 spiro atoms. The highest BCUT2D eigenvalue weighted by Gasteiger charge is 1.93. The first-order valence-corrected chi connectivity index (χ1v) is 4.56. The molecule has 0 atom stereocenters. The number of rotatable bonds is 5. The normalized spacial score (nSPS) is 9.38. The Balaban J connectivity index is 0.00000144. The average Bonchev–Trinajstić information content (AvgIpc) is 2.45. The number of nitrogens with one attached hydrogen (secondary N) is 1. The van der Waals surface area contributed by atoms with Crippen LogP contribution in [0.2, 0.25) is 0 Å². The number of hydrogen-bond acceptors (Lipinski definition) is 2. The smallest absolute Gasteiger partial charge is 0.147 e. The summed E-state index contributed by atoms with van der Waals surface area (Å²) in [6, 6.07) is 1.99. The summed E-state index contributed by atoms with van der Waals surface area (Å²) in [5, 5.41) is 7.48. The second-order valence-corrected chi connectivity index (χ2v) is 3.01. The van der Waals surface area contributed by atoms with Crippen LogP contribution in [0.15, 0.2) is 12.3 Å². The predicted molar refractivity (Wildman–Crippen MR) is 58.5 cm³/mol. The maximum atomic E-state index is 4.21. The van der Waals surface area contributed by atoms with Gasteiger partial charge in [0.2, 0.25) is 0 Å². The second-order valence-electron chi connectivity index (χ2n) is 3.01. The number of halogens is 1. The first-order valence-electron chi connectivity index (χ1n) is 4.56. The molecule has 0 aliphatic carbocycles. The summed E-state index contributed by atoms with van der Waals surface area (Å²) in [5.74, 6) is 0.980. The maximum absolute atomic E-state index is 4.21. The van der Waals surface area contributed by atoms with E-state index >= 15 is 0 Å². The molecule has 4 heteroatoms. The fourth-order valence-corrected chi connectivity index (χ4v) is 1.10. The van der Waals surface area contributed by atoms with Crippen LogP contribution in [0, 0.1) is 0 Å². The minimum Gasteiger partial charge on any atom is -0.369 e. The molecule has 76 valence electrons. The van der Waals surface area contributed by atoms with Gasteiger partial charge in [-0.15, -0.1) is 12.4 Å². The fraction of sp³-hybridized carbons (Fsp3) is 0.667. The van der Waals surface area contributed by atoms with Gasteiger partial charge in [0.15, 0.2) is 0 Å². The zero-order chi connectivity index (χ0) is 8.81. The van der Waals surface area contributed by atoms with E-state index in [0.29, 0.717) is 0 Å². The SMILES string of the molecule is CCCCCNc1ccn(C)n1.Cl. The van der Waals surface area contributed by atoms with Gasteiger partial charge in [-0.1, -0.05) is 19.8 Å². The zero-order valence-electron chi connectivity index (χ0n) is 8.29. The molecule has 0 unspecified atom stereocenters. The molecule has 1 aromatic rings. The lowest BCUT2D eigenvalue weighted by molar-refractivity contribution is 0.734. The van der Waals surface area contributed by atoms with Crippen LogP contribution in [0.1, 0.15) is 26.2 Å². The highest BCUT2D eigenvalue weighted by molar-refractivity contribution is 5.85. The van der Waals surface area contributed by atoms with Gasteiger partial charge in [-0.2, -0.15) is 5.10 Å². The van der Waals surface area contributed by atoms with E-state index in [4.69, 9.17) is 0 Å². The first kappa shape index (κ1) is 12.3. The molecule has 0 fully saturated rings. The van der Waals surface area contributed by atoms with E-state index in [0.717, 1.165) is 12.4 Å². The largest absolute Gasteiger partial charge is 0.369 e. The molecule has 0 amide bonds. The average molecular weight is 204 g/mol. The van der Waals surface area contributed by atoms with Crippen molar-refractivity contribution < 1.29 is 0 Å². The van der Waals surface area contributed by atoms with Crippen molar-refractivity contribution in [1.82, 2.24) is 9.78 Å². The lowest BCUT2D eigenvalue weighted by Crippen LogP contribution is -2.02. The van der Waals surface area contributed by atoms with Gasteiger partial charge in [0.25, 0.3) is 0 Å². The third-order valence-corrected chi connectivity index (χ3v) is 1.80. The maximum Gasteiger partial charge on any atom is 0.147 e. The van der Waals surface area contributed by atoms with Gasteiger partial charge < -0.3 is 5.32 Å². The van der Waals surface area contributed by atoms with E-state index in [9.17, 15) is 0 Å². The Bertz CT molecular complexity index is 222. The van der Waals surface area contributed by atoms with Gasteiger partial charge in [0, 0.05) is 25.9 Å². The minimum atomic E-state index is 0. The number of aromatic nitrogens is 2. The quantitative estimate of drug-likeness (QED) is 0.746. The summed E-state index contributed by atoms with van der Waals surface area (Å²) in [7, 11) is 1.93. The molecule has 0 saturated carbocycles. The van der Waals surface area contributed by atoms with Crippen molar-refractivity contribution in [3.63, 3.8) is 0 Å². The molecule has 0 aliphatic rings. The monoisotopic (exact) mass is 203 g/mol. The molecule has 0 aromatic carbocycles. The van der Waals surface area contributed by atoms with Crippen molar-refractivity contribution >= 4 is 18.2 Å². The van der Waals surface area contributed by atoms with E-state index in [-0.39, 0.29) is 12.4 Å². The fourth-order valence-electron chi connectivity index (χ4n) is 1.10. The lowest BCUT2D eigenvalue weighted by atomic mass is 10.2. The summed E-state index contributed by atoms with van der Waals surface area (Å²) >= 11 is 0. The van der Waals surface area contributed by atoms with Crippen LogP contribution in [0.4, 0.5) is 5.82 Å². The van der Waals surface area contributed by atoms with Crippen LogP contribution in [-0.2, 0) is 7.05 Å². The van der Waals surface area contributed by atoms with Gasteiger partial charge in [-0.05, 0) is 6.42 Å². The van der Waals surface area contributed by atoms with E-state index in [1.54, 1.807) is 0 Å². The van der Waals surface area contributed by atoms with Crippen LogP contribution < -0.4 is 5.32 Å². The third kappa shape index (κ3) is 4.78. The number of nitrogens with zero attached hydrogens (tertiary/aromatic N) is 2. The van der Waals surface area contributed by atoms with E-state index in [1.165, 1.54) is 19.3 Å². The summed E-state index contributed by atoms with van der Waals surface area (Å²) in [6.45, 7) is 3.24. The summed E-state index contributed by atoms with van der Waals surface area (Å²) < 4.78 is 1.81. The van der Waals surface area contributed by atoms with Gasteiger partial charge in [0.05, 0.1) is 0 Å². The molecule has 0 saturated heterocycles. The van der Waals surface area contributed by atoms with Crippen LogP contribution >= 0.6 is 12.4 Å². The van der Waals surface area contributed by atoms with Gasteiger partial charge in [-0.3, -0.25) is 4.68 Å². The van der Waals surface area contributed by atoms with Gasteiger partial charge >= 0.3 is 0 Å². The standard InChI is InChI=1S/C9H17N3.ClH/c1-3-4-5-7-10-9-6-8-12(2)11-9;/h6,8H,3-5,7H2,1-2H3,(H,10,11);1H. The molecule has 3 nitrogen and oxygen atoms in total. The van der Waals surface area contributed by atoms with E-state index < -0.39 is 0 Å². The van der Waals surface area contributed by atoms with Crippen LogP contribution in [0.25, 0.3) is 0 Å². The Morgan fingerprint density at radius 1 is 1.46 bits per heavy atom. The molecule has 0 radical (unpaired) electrons. The first-order chi connectivity index (χ1) is 5.83. The Kier molecular flexibility index (Phi) is 6.41. The zero-order valence-corrected chi connectivity index (χ0v) is 9.10. The molecular formula is C9H18ClN3. The van der Waals surface area contributed by atoms with Crippen molar-refractivity contribution in [3.05, 3.63) is 12.3 Å². The number of unbranched alkanes of at least 4 members (excludes halogenated alkanes) is 2. The van der Waals surface area contributed by atoms with E-state index in [1.807, 2.05) is 24.0 Å². The van der Waals surface area contributed by atoms with Crippen molar-refractivity contribution in [2.75, 3.05) is 11.9 Å². The summed E-state index contributed by atoms with van der Waals surface area (Å²) in [4.78, 5) is 0. The molecule has 13 heavy (non-hydrogen) atoms. The Labute approximate surface area is 85.9 Å². The Morgan fingerprint density at radius 2 is 2.23 bits per heavy atom. The topological polar surface area (TPSA) is 29.9 Å². The van der Waals surface area contributed by atoms with Crippen LogP contribution in [0.3, 0.4) is 0 Å². The summed E-state index contributed by atoms with van der Waals surface area (Å²) in [6.07, 6.45) is 5.74. The van der Waals surface area contributed by atoms with Crippen molar-refractivity contribution in [1.29, 1.82) is 0 Å². The van der Waals surface area contributed by atoms with Crippen molar-refractivity contribution in [2.45, 2.75) is 26.2 Å². The summed E-state index contributed by atoms with van der Waals surface area (Å²) in [5.41, 5.74) is 0. The Hall–Kier alpha value is -0.700. The lowest BCUT2D eigenvalue weighted by Gasteiger charge is -2.00. The number of aryl methyl sites for hydroxylation is 1. The highest BCUT2D eigenvalue weighted by Crippen LogP contribution is 2.01. The van der Waals surface area contributed by atoms with Gasteiger partial charge in [-0.25, -0.2) is 0 Å². The van der Waals surface area contributed by atoms with Gasteiger partial charge in [0.1, 0.15) is 5.82 Å². The van der Waals surface area contributed by atoms with Crippen molar-refractivity contribution in [3.8, 4) is 0 Å². The number of anilines is 1. The molecule has 1 N–H and O–H groups in total. The highest BCUT2D eigenvalue weighted by atomic mass is 35.5. The van der Waals surface area contributed by atoms with E-state index in [2.05, 4.69) is 17.3 Å². The van der Waals surface area contributed by atoms with Crippen LogP contribution in [-0.4, -0.2) is 16.3 Å². The minimum absolute atomic E-state index is 0. The molecule has 1 heterocycles. The van der Waals surface area contributed by atoms with Crippen molar-refractivity contribution in [2.24, 2.45) is 7.05 Å².